The lowest BCUT2D eigenvalue weighted by atomic mass is 9.89. The molecule has 1 fully saturated rings. The molecule has 47 heavy (non-hydrogen) atoms. The van der Waals surface area contributed by atoms with E-state index < -0.39 is 4.92 Å². The summed E-state index contributed by atoms with van der Waals surface area (Å²) in [6.45, 7) is 1.19. The molecule has 0 atom stereocenters. The molecule has 0 spiro atoms. The van der Waals surface area contributed by atoms with Crippen molar-refractivity contribution in [3.8, 4) is 0 Å². The number of anilines is 5. The number of hydrogen-bond acceptors (Lipinski definition) is 10. The van der Waals surface area contributed by atoms with Crippen LogP contribution in [0, 0.1) is 21.8 Å². The number of nitro groups is 1. The minimum absolute atomic E-state index is 0.0378. The Hall–Kier alpha value is -5.44. The molecule has 0 bridgehead atoms. The third-order valence-corrected chi connectivity index (χ3v) is 7.70. The van der Waals surface area contributed by atoms with E-state index >= 15 is 0 Å². The zero-order chi connectivity index (χ0) is 33.0. The van der Waals surface area contributed by atoms with Gasteiger partial charge >= 0.3 is 0 Å². The molecule has 4 aromatic rings. The van der Waals surface area contributed by atoms with E-state index in [0.717, 1.165) is 23.4 Å². The van der Waals surface area contributed by atoms with Gasteiger partial charge in [0.25, 0.3) is 5.69 Å². The van der Waals surface area contributed by atoms with Gasteiger partial charge in [-0.05, 0) is 78.5 Å². The minimum Gasteiger partial charge on any atom is -0.354 e. The van der Waals surface area contributed by atoms with Gasteiger partial charge in [0, 0.05) is 36.6 Å². The highest BCUT2D eigenvalue weighted by Gasteiger charge is 2.15. The molecule has 0 aliphatic heterocycles. The van der Waals surface area contributed by atoms with Crippen LogP contribution in [0.1, 0.15) is 43.2 Å². The smallest absolute Gasteiger partial charge is 0.269 e. The molecule has 13 nitrogen and oxygen atoms in total. The van der Waals surface area contributed by atoms with Crippen LogP contribution in [0.3, 0.4) is 0 Å². The minimum atomic E-state index is -0.490. The predicted octanol–water partition coefficient (Wildman–Crippen LogP) is 5.83. The fourth-order valence-corrected chi connectivity index (χ4v) is 5.19. The maximum Gasteiger partial charge on any atom is 0.269 e. The Morgan fingerprint density at radius 1 is 0.809 bits per heavy atom. The number of halogens is 1. The quantitative estimate of drug-likeness (QED) is 0.0613. The molecular formula is C32H35FN10O3S. The van der Waals surface area contributed by atoms with Crippen molar-refractivity contribution in [2.45, 2.75) is 45.1 Å². The van der Waals surface area contributed by atoms with Gasteiger partial charge in [0.05, 0.1) is 11.3 Å². The molecule has 1 aromatic heterocycles. The first-order valence-corrected chi connectivity index (χ1v) is 15.6. The zero-order valence-electron chi connectivity index (χ0n) is 25.5. The Morgan fingerprint density at radius 2 is 1.43 bits per heavy atom. The highest BCUT2D eigenvalue weighted by atomic mass is 32.1. The normalized spacial score (nSPS) is 12.9. The number of aromatic nitrogens is 3. The van der Waals surface area contributed by atoms with Crippen molar-refractivity contribution in [2.75, 3.05) is 27.8 Å². The van der Waals surface area contributed by atoms with E-state index in [0.29, 0.717) is 36.0 Å². The van der Waals surface area contributed by atoms with Crippen molar-refractivity contribution in [1.82, 2.24) is 25.8 Å². The van der Waals surface area contributed by atoms with Crippen LogP contribution in [0.5, 0.6) is 0 Å². The lowest BCUT2D eigenvalue weighted by Crippen LogP contribution is -2.44. The monoisotopic (exact) mass is 658 g/mol. The number of nitrogens with one attached hydrogen (secondary N) is 6. The summed E-state index contributed by atoms with van der Waals surface area (Å²) in [6.07, 6.45) is 6.22. The Morgan fingerprint density at radius 3 is 2.11 bits per heavy atom. The number of hydrazine groups is 1. The second-order valence-corrected chi connectivity index (χ2v) is 11.5. The summed E-state index contributed by atoms with van der Waals surface area (Å²) < 4.78 is 13.3. The third kappa shape index (κ3) is 10.6. The molecule has 6 N–H and O–H groups in total. The van der Waals surface area contributed by atoms with Gasteiger partial charge < -0.3 is 21.3 Å². The van der Waals surface area contributed by atoms with E-state index in [1.54, 1.807) is 12.1 Å². The molecule has 0 radical (unpaired) electrons. The summed E-state index contributed by atoms with van der Waals surface area (Å²) in [5, 5.41) is 23.6. The number of hydrogen-bond donors (Lipinski definition) is 6. The number of carbonyl (C=O) groups is 1. The third-order valence-electron chi connectivity index (χ3n) is 7.50. The average Bonchev–Trinajstić information content (AvgIpc) is 3.08. The lowest BCUT2D eigenvalue weighted by molar-refractivity contribution is -0.384. The second kappa shape index (κ2) is 16.2. The van der Waals surface area contributed by atoms with Crippen LogP contribution < -0.4 is 32.1 Å². The highest BCUT2D eigenvalue weighted by molar-refractivity contribution is 7.80. The van der Waals surface area contributed by atoms with E-state index in [2.05, 4.69) is 47.1 Å². The standard InChI is InChI=1S/C32H35FN10O3S/c33-24-10-6-23(7-11-24)20-35-30-38-29(34-19-22-4-2-1-3-5-22)39-31(40-30)36-25-12-8-21(9-13-25)18-28(44)41-42-32(47)37-26-14-16-27(17-15-26)43(45)46/h6-17,22H,1-5,18-20H2,(H,41,44)(H2,37,42,47)(H3,34,35,36,38,39,40). The fraction of sp³-hybridized carbons (Fsp3) is 0.281. The number of rotatable bonds is 12. The predicted molar refractivity (Wildman–Crippen MR) is 183 cm³/mol. The van der Waals surface area contributed by atoms with Crippen molar-refractivity contribution in [3.63, 3.8) is 0 Å². The number of non-ortho nitro benzene ring substituents is 1. The Kier molecular flexibility index (Phi) is 11.4. The Labute approximate surface area is 276 Å². The first kappa shape index (κ1) is 32.9. The Bertz CT molecular complexity index is 1670. The molecule has 1 amide bonds. The molecule has 1 saturated carbocycles. The van der Waals surface area contributed by atoms with Gasteiger partial charge in [-0.15, -0.1) is 0 Å². The summed E-state index contributed by atoms with van der Waals surface area (Å²) in [7, 11) is 0. The van der Waals surface area contributed by atoms with Crippen molar-refractivity contribution in [2.24, 2.45) is 5.92 Å². The van der Waals surface area contributed by atoms with Gasteiger partial charge in [0.2, 0.25) is 23.8 Å². The van der Waals surface area contributed by atoms with E-state index in [1.165, 1.54) is 68.5 Å². The van der Waals surface area contributed by atoms with Crippen molar-refractivity contribution in [1.29, 1.82) is 0 Å². The van der Waals surface area contributed by atoms with Crippen LogP contribution >= 0.6 is 12.2 Å². The van der Waals surface area contributed by atoms with Crippen LogP contribution in [0.25, 0.3) is 0 Å². The van der Waals surface area contributed by atoms with Crippen LogP contribution in [-0.2, 0) is 17.8 Å². The first-order chi connectivity index (χ1) is 22.8. The molecule has 15 heteroatoms. The number of carbonyl (C=O) groups excluding carboxylic acids is 1. The molecule has 3 aromatic carbocycles. The Balaban J connectivity index is 1.15. The molecule has 1 aliphatic rings. The highest BCUT2D eigenvalue weighted by Crippen LogP contribution is 2.24. The molecule has 5 rings (SSSR count). The summed E-state index contributed by atoms with van der Waals surface area (Å²) in [5.41, 5.74) is 8.01. The second-order valence-electron chi connectivity index (χ2n) is 11.1. The van der Waals surface area contributed by atoms with Gasteiger partial charge in [0.1, 0.15) is 5.82 Å². The van der Waals surface area contributed by atoms with Crippen LogP contribution in [-0.4, -0.2) is 37.4 Å². The van der Waals surface area contributed by atoms with Crippen LogP contribution in [0.4, 0.5) is 39.3 Å². The zero-order valence-corrected chi connectivity index (χ0v) is 26.3. The molecular weight excluding hydrogens is 623 g/mol. The molecule has 0 unspecified atom stereocenters. The van der Waals surface area contributed by atoms with Crippen molar-refractivity contribution >= 4 is 58.1 Å². The van der Waals surface area contributed by atoms with Crippen LogP contribution in [0.15, 0.2) is 72.8 Å². The van der Waals surface area contributed by atoms with Crippen LogP contribution in [0.2, 0.25) is 0 Å². The van der Waals surface area contributed by atoms with Gasteiger partial charge in [-0.25, -0.2) is 4.39 Å². The van der Waals surface area contributed by atoms with Gasteiger partial charge in [-0.3, -0.25) is 25.8 Å². The largest absolute Gasteiger partial charge is 0.354 e. The molecule has 1 aliphatic carbocycles. The average molecular weight is 659 g/mol. The van der Waals surface area contributed by atoms with Gasteiger partial charge in [0.15, 0.2) is 5.11 Å². The van der Waals surface area contributed by atoms with Gasteiger partial charge in [-0.2, -0.15) is 15.0 Å². The van der Waals surface area contributed by atoms with Gasteiger partial charge in [-0.1, -0.05) is 43.5 Å². The summed E-state index contributed by atoms with van der Waals surface area (Å²) in [5.74, 6) is 1.14. The topological polar surface area (TPSA) is 171 Å². The number of benzene rings is 3. The number of amides is 1. The maximum atomic E-state index is 13.3. The van der Waals surface area contributed by atoms with E-state index in [1.807, 2.05) is 24.3 Å². The summed E-state index contributed by atoms with van der Waals surface area (Å²) in [4.78, 5) is 36.5. The first-order valence-electron chi connectivity index (χ1n) is 15.2. The number of thiocarbonyl (C=S) groups is 1. The van der Waals surface area contributed by atoms with E-state index in [9.17, 15) is 19.3 Å². The summed E-state index contributed by atoms with van der Waals surface area (Å²) in [6, 6.07) is 19.2. The number of nitro benzene ring substituents is 1. The molecule has 244 valence electrons. The molecule has 1 heterocycles. The number of nitrogens with zero attached hydrogens (tertiary/aromatic N) is 4. The maximum absolute atomic E-state index is 13.3. The van der Waals surface area contributed by atoms with E-state index in [-0.39, 0.29) is 28.9 Å². The molecule has 0 saturated heterocycles. The lowest BCUT2D eigenvalue weighted by Gasteiger charge is -2.21. The SMILES string of the molecule is O=C(Cc1ccc(Nc2nc(NCc3ccc(F)cc3)nc(NCC3CCCCC3)n2)cc1)NNC(=S)Nc1ccc([N+](=O)[O-])cc1. The van der Waals surface area contributed by atoms with Crippen molar-refractivity contribution in [3.05, 3.63) is 99.9 Å². The summed E-state index contributed by atoms with van der Waals surface area (Å²) >= 11 is 5.18. The van der Waals surface area contributed by atoms with Crippen molar-refractivity contribution < 1.29 is 14.1 Å². The van der Waals surface area contributed by atoms with E-state index in [4.69, 9.17) is 12.2 Å². The fourth-order valence-electron chi connectivity index (χ4n) is 5.02.